The average molecular weight is 354 g/mol. The molecule has 0 radical (unpaired) electrons. The Hall–Kier alpha value is -1.56. The second-order valence-corrected chi connectivity index (χ2v) is 7.73. The molecule has 0 spiro atoms. The van der Waals surface area contributed by atoms with E-state index in [-0.39, 0.29) is 13.0 Å². The van der Waals surface area contributed by atoms with E-state index >= 15 is 0 Å². The molecule has 1 aromatic carbocycles. The van der Waals surface area contributed by atoms with Crippen molar-refractivity contribution in [2.24, 2.45) is 5.73 Å². The molecule has 0 aromatic heterocycles. The topological polar surface area (TPSA) is 144 Å². The van der Waals surface area contributed by atoms with Gasteiger partial charge in [-0.15, -0.1) is 3.89 Å². The van der Waals surface area contributed by atoms with Crippen molar-refractivity contribution in [3.05, 3.63) is 29.8 Å². The van der Waals surface area contributed by atoms with Gasteiger partial charge in [-0.3, -0.25) is 4.79 Å². The number of carboxylic acids is 1. The summed E-state index contributed by atoms with van der Waals surface area (Å²) in [6.07, 6.45) is -0.246. The number of sulfonamides is 1. The fourth-order valence-electron chi connectivity index (χ4n) is 1.44. The molecule has 0 aliphatic rings. The summed E-state index contributed by atoms with van der Waals surface area (Å²) in [7, 11) is -8.53. The number of hydrogen-bond donors (Lipinski definition) is 3. The molecule has 1 unspecified atom stereocenters. The highest BCUT2D eigenvalue weighted by atomic mass is 32.3. The highest BCUT2D eigenvalue weighted by Gasteiger charge is 2.17. The zero-order valence-corrected chi connectivity index (χ0v) is 12.9. The quantitative estimate of drug-likeness (QED) is 0.537. The first kappa shape index (κ1) is 18.5. The molecule has 0 aliphatic carbocycles. The van der Waals surface area contributed by atoms with Gasteiger partial charge in [-0.2, -0.15) is 8.42 Å². The molecule has 8 nitrogen and oxygen atoms in total. The third-order valence-electron chi connectivity index (χ3n) is 2.72. The Morgan fingerprint density at radius 3 is 2.23 bits per heavy atom. The molecule has 0 fully saturated rings. The first-order valence-corrected chi connectivity index (χ1v) is 9.04. The fraction of sp³-hybridized carbons (Fsp3) is 0.364. The Kier molecular flexibility index (Phi) is 6.00. The fourth-order valence-corrected chi connectivity index (χ4v) is 3.00. The number of carboxylic acid groups (broad SMARTS) is 1. The Balaban J connectivity index is 2.60. The van der Waals surface area contributed by atoms with E-state index in [9.17, 15) is 25.5 Å². The molecule has 0 saturated carbocycles. The SMILES string of the molecule is NC(CCS(=O)(=O)NCc1ccc(S(=O)(=O)F)cc1)C(=O)O. The monoisotopic (exact) mass is 354 g/mol. The van der Waals surface area contributed by atoms with Crippen LogP contribution in [0.5, 0.6) is 0 Å². The van der Waals surface area contributed by atoms with Gasteiger partial charge in [-0.1, -0.05) is 12.1 Å². The van der Waals surface area contributed by atoms with Gasteiger partial charge in [0.2, 0.25) is 10.0 Å². The van der Waals surface area contributed by atoms with Crippen molar-refractivity contribution in [2.45, 2.75) is 23.9 Å². The van der Waals surface area contributed by atoms with Gasteiger partial charge < -0.3 is 10.8 Å². The van der Waals surface area contributed by atoms with E-state index in [0.717, 1.165) is 12.1 Å². The normalized spacial score (nSPS) is 13.7. The summed E-state index contributed by atoms with van der Waals surface area (Å²) in [5, 5.41) is 8.56. The van der Waals surface area contributed by atoms with Crippen LogP contribution < -0.4 is 10.5 Å². The Morgan fingerprint density at radius 1 is 1.23 bits per heavy atom. The number of benzene rings is 1. The van der Waals surface area contributed by atoms with E-state index in [1.165, 1.54) is 12.1 Å². The number of nitrogens with two attached hydrogens (primary N) is 1. The zero-order chi connectivity index (χ0) is 17.0. The molecule has 22 heavy (non-hydrogen) atoms. The average Bonchev–Trinajstić information content (AvgIpc) is 2.42. The molecule has 1 aromatic rings. The number of hydrogen-bond acceptors (Lipinski definition) is 6. The van der Waals surface area contributed by atoms with Gasteiger partial charge in [0.05, 0.1) is 10.6 Å². The lowest BCUT2D eigenvalue weighted by Crippen LogP contribution is -2.35. The molecular formula is C11H15FN2O6S2. The summed E-state index contributed by atoms with van der Waals surface area (Å²) >= 11 is 0. The van der Waals surface area contributed by atoms with Gasteiger partial charge in [0, 0.05) is 6.54 Å². The maximum absolute atomic E-state index is 12.7. The minimum absolute atomic E-state index is 0.142. The van der Waals surface area contributed by atoms with Gasteiger partial charge in [-0.05, 0) is 24.1 Å². The van der Waals surface area contributed by atoms with Gasteiger partial charge in [-0.25, -0.2) is 13.1 Å². The van der Waals surface area contributed by atoms with E-state index < -0.39 is 42.9 Å². The van der Waals surface area contributed by atoms with E-state index in [0.29, 0.717) is 5.56 Å². The van der Waals surface area contributed by atoms with Gasteiger partial charge in [0.1, 0.15) is 6.04 Å². The molecule has 4 N–H and O–H groups in total. The van der Waals surface area contributed by atoms with Crippen LogP contribution in [0, 0.1) is 0 Å². The van der Waals surface area contributed by atoms with Gasteiger partial charge in [0.25, 0.3) is 0 Å². The van der Waals surface area contributed by atoms with Crippen molar-refractivity contribution < 1.29 is 30.6 Å². The van der Waals surface area contributed by atoms with Gasteiger partial charge in [0.15, 0.2) is 0 Å². The zero-order valence-electron chi connectivity index (χ0n) is 11.3. The molecule has 0 amide bonds. The van der Waals surface area contributed by atoms with E-state index in [1.54, 1.807) is 0 Å². The van der Waals surface area contributed by atoms with E-state index in [1.807, 2.05) is 0 Å². The second kappa shape index (κ2) is 7.13. The lowest BCUT2D eigenvalue weighted by atomic mass is 10.2. The summed E-state index contributed by atoms with van der Waals surface area (Å²) in [6, 6.07) is 3.28. The predicted molar refractivity (Wildman–Crippen MR) is 75.6 cm³/mol. The summed E-state index contributed by atoms with van der Waals surface area (Å²) in [4.78, 5) is 9.97. The largest absolute Gasteiger partial charge is 0.480 e. The molecule has 11 heteroatoms. The van der Waals surface area contributed by atoms with Crippen molar-refractivity contribution in [2.75, 3.05) is 5.75 Å². The molecule has 1 atom stereocenters. The molecule has 0 heterocycles. The summed E-state index contributed by atoms with van der Waals surface area (Å²) in [5.74, 6) is -1.75. The smallest absolute Gasteiger partial charge is 0.332 e. The Bertz CT molecular complexity index is 730. The van der Waals surface area contributed by atoms with Crippen molar-refractivity contribution in [1.29, 1.82) is 0 Å². The van der Waals surface area contributed by atoms with Crippen molar-refractivity contribution in [3.63, 3.8) is 0 Å². The van der Waals surface area contributed by atoms with Crippen LogP contribution in [0.2, 0.25) is 0 Å². The number of nitrogens with one attached hydrogen (secondary N) is 1. The molecule has 0 saturated heterocycles. The van der Waals surface area contributed by atoms with Crippen molar-refractivity contribution in [3.8, 4) is 0 Å². The van der Waals surface area contributed by atoms with Crippen LogP contribution in [0.4, 0.5) is 3.89 Å². The number of rotatable bonds is 8. The summed E-state index contributed by atoms with van der Waals surface area (Å²) < 4.78 is 59.4. The Morgan fingerprint density at radius 2 is 1.77 bits per heavy atom. The number of halogens is 1. The van der Waals surface area contributed by atoms with Crippen LogP contribution in [0.1, 0.15) is 12.0 Å². The van der Waals surface area contributed by atoms with Crippen LogP contribution in [-0.4, -0.2) is 39.7 Å². The van der Waals surface area contributed by atoms with Crippen LogP contribution in [0.25, 0.3) is 0 Å². The molecular weight excluding hydrogens is 339 g/mol. The van der Waals surface area contributed by atoms with E-state index in [2.05, 4.69) is 4.72 Å². The van der Waals surface area contributed by atoms with Crippen LogP contribution in [-0.2, 0) is 31.6 Å². The third kappa shape index (κ3) is 6.05. The predicted octanol–water partition coefficient (Wildman–Crippen LogP) is -0.434. The standard InChI is InChI=1S/C11H15FN2O6S2/c12-22(19,20)9-3-1-8(2-4-9)7-14-21(17,18)6-5-10(13)11(15)16/h1-4,10,14H,5-7,13H2,(H,15,16). The van der Waals surface area contributed by atoms with Gasteiger partial charge >= 0.3 is 16.2 Å². The van der Waals surface area contributed by atoms with Crippen LogP contribution in [0.3, 0.4) is 0 Å². The summed E-state index contributed by atoms with van der Waals surface area (Å²) in [6.45, 7) is -0.142. The molecule has 1 rings (SSSR count). The minimum Gasteiger partial charge on any atom is -0.480 e. The summed E-state index contributed by atoms with van der Waals surface area (Å²) in [5.41, 5.74) is 5.62. The van der Waals surface area contributed by atoms with Crippen molar-refractivity contribution in [1.82, 2.24) is 4.72 Å². The first-order valence-electron chi connectivity index (χ1n) is 6.00. The van der Waals surface area contributed by atoms with Crippen LogP contribution >= 0.6 is 0 Å². The van der Waals surface area contributed by atoms with E-state index in [4.69, 9.17) is 10.8 Å². The van der Waals surface area contributed by atoms with Crippen LogP contribution in [0.15, 0.2) is 29.2 Å². The lowest BCUT2D eigenvalue weighted by Gasteiger charge is -2.09. The first-order chi connectivity index (χ1) is 10.0. The lowest BCUT2D eigenvalue weighted by molar-refractivity contribution is -0.138. The number of carbonyl (C=O) groups is 1. The maximum atomic E-state index is 12.7. The second-order valence-electron chi connectivity index (χ2n) is 4.46. The third-order valence-corrected chi connectivity index (χ3v) is 4.91. The number of aliphatic carboxylic acids is 1. The maximum Gasteiger partial charge on any atom is 0.332 e. The Labute approximate surface area is 127 Å². The minimum atomic E-state index is -4.80. The van der Waals surface area contributed by atoms with Crippen molar-refractivity contribution >= 4 is 26.2 Å². The molecule has 124 valence electrons. The molecule has 0 bridgehead atoms. The highest BCUT2D eigenvalue weighted by molar-refractivity contribution is 7.89. The highest BCUT2D eigenvalue weighted by Crippen LogP contribution is 2.13. The molecule has 0 aliphatic heterocycles.